The highest BCUT2D eigenvalue weighted by atomic mass is 16.7. The Balaban J connectivity index is 1.29. The number of esters is 1. The second-order valence-corrected chi connectivity index (χ2v) is 7.80. The van der Waals surface area contributed by atoms with Gasteiger partial charge in [0.25, 0.3) is 11.7 Å². The standard InChI is InChI=1S/C23H25NO6/c1-15(2)28-22(26)16-5-8-18(9-6-16)27-14-21(25)24-17-7-10-19-20(13-17)30-23(29-19)11-3-4-12-23/h5-10,13,15H,3-4,11-12,14H2,1-2H3,(H,24,25). The van der Waals surface area contributed by atoms with Crippen LogP contribution in [0.1, 0.15) is 49.9 Å². The van der Waals surface area contributed by atoms with E-state index in [2.05, 4.69) is 5.32 Å². The molecule has 4 rings (SSSR count). The van der Waals surface area contributed by atoms with Crippen molar-refractivity contribution in [2.45, 2.75) is 51.4 Å². The van der Waals surface area contributed by atoms with Gasteiger partial charge < -0.3 is 24.3 Å². The summed E-state index contributed by atoms with van der Waals surface area (Å²) in [5.74, 6) is 0.632. The van der Waals surface area contributed by atoms with Crippen molar-refractivity contribution in [2.75, 3.05) is 11.9 Å². The average molecular weight is 411 g/mol. The summed E-state index contributed by atoms with van der Waals surface area (Å²) in [4.78, 5) is 24.1. The predicted molar refractivity (Wildman–Crippen MR) is 110 cm³/mol. The number of hydrogen-bond acceptors (Lipinski definition) is 6. The highest BCUT2D eigenvalue weighted by Crippen LogP contribution is 2.47. The molecule has 2 aromatic rings. The molecule has 1 fully saturated rings. The normalized spacial score (nSPS) is 16.0. The highest BCUT2D eigenvalue weighted by molar-refractivity contribution is 5.92. The van der Waals surface area contributed by atoms with E-state index in [0.29, 0.717) is 28.5 Å². The largest absolute Gasteiger partial charge is 0.484 e. The van der Waals surface area contributed by atoms with Gasteiger partial charge in [0.15, 0.2) is 18.1 Å². The van der Waals surface area contributed by atoms with Crippen LogP contribution in [0.25, 0.3) is 0 Å². The van der Waals surface area contributed by atoms with Gasteiger partial charge in [0.05, 0.1) is 11.7 Å². The van der Waals surface area contributed by atoms with Crippen LogP contribution in [0.4, 0.5) is 5.69 Å². The Hall–Kier alpha value is -3.22. The summed E-state index contributed by atoms with van der Waals surface area (Å²) in [5.41, 5.74) is 1.05. The zero-order chi connectivity index (χ0) is 21.1. The molecule has 1 saturated carbocycles. The molecule has 0 saturated heterocycles. The molecule has 7 nitrogen and oxygen atoms in total. The number of fused-ring (bicyclic) bond motifs is 1. The summed E-state index contributed by atoms with van der Waals surface area (Å²) < 4.78 is 22.6. The molecule has 0 aromatic heterocycles. The maximum atomic E-state index is 12.2. The van der Waals surface area contributed by atoms with Crippen molar-refractivity contribution in [3.05, 3.63) is 48.0 Å². The van der Waals surface area contributed by atoms with Gasteiger partial charge in [-0.05, 0) is 63.1 Å². The maximum absolute atomic E-state index is 12.2. The smallest absolute Gasteiger partial charge is 0.338 e. The fourth-order valence-electron chi connectivity index (χ4n) is 3.60. The summed E-state index contributed by atoms with van der Waals surface area (Å²) in [5, 5.41) is 2.80. The molecule has 1 spiro atoms. The van der Waals surface area contributed by atoms with Crippen LogP contribution >= 0.6 is 0 Å². The minimum Gasteiger partial charge on any atom is -0.484 e. The fourth-order valence-corrected chi connectivity index (χ4v) is 3.60. The Morgan fingerprint density at radius 2 is 1.73 bits per heavy atom. The van der Waals surface area contributed by atoms with Gasteiger partial charge in [-0.25, -0.2) is 4.79 Å². The number of nitrogens with one attached hydrogen (secondary N) is 1. The second-order valence-electron chi connectivity index (χ2n) is 7.80. The van der Waals surface area contributed by atoms with E-state index in [9.17, 15) is 9.59 Å². The number of anilines is 1. The lowest BCUT2D eigenvalue weighted by molar-refractivity contribution is -0.118. The molecule has 0 bridgehead atoms. The topological polar surface area (TPSA) is 83.1 Å². The molecule has 0 unspecified atom stereocenters. The summed E-state index contributed by atoms with van der Waals surface area (Å²) >= 11 is 0. The van der Waals surface area contributed by atoms with Gasteiger partial charge in [-0.3, -0.25) is 4.79 Å². The van der Waals surface area contributed by atoms with Crippen molar-refractivity contribution < 1.29 is 28.5 Å². The van der Waals surface area contributed by atoms with Crippen molar-refractivity contribution >= 4 is 17.6 Å². The molecule has 158 valence electrons. The third kappa shape index (κ3) is 4.50. The van der Waals surface area contributed by atoms with E-state index in [0.717, 1.165) is 25.7 Å². The number of rotatable bonds is 6. The SMILES string of the molecule is CC(C)OC(=O)c1ccc(OCC(=O)Nc2ccc3c(c2)OC2(CCCC2)O3)cc1. The van der Waals surface area contributed by atoms with E-state index < -0.39 is 11.8 Å². The lowest BCUT2D eigenvalue weighted by Gasteiger charge is -2.21. The number of ether oxygens (including phenoxy) is 4. The van der Waals surface area contributed by atoms with Gasteiger partial charge in [-0.15, -0.1) is 0 Å². The molecule has 1 aliphatic carbocycles. The molecule has 7 heteroatoms. The van der Waals surface area contributed by atoms with E-state index in [-0.39, 0.29) is 18.6 Å². The molecule has 1 aliphatic heterocycles. The molecule has 1 heterocycles. The van der Waals surface area contributed by atoms with Crippen molar-refractivity contribution in [2.24, 2.45) is 0 Å². The monoisotopic (exact) mass is 411 g/mol. The molecule has 1 N–H and O–H groups in total. The van der Waals surface area contributed by atoms with Crippen LogP contribution in [0.15, 0.2) is 42.5 Å². The second kappa shape index (κ2) is 8.26. The van der Waals surface area contributed by atoms with E-state index in [4.69, 9.17) is 18.9 Å². The first-order chi connectivity index (χ1) is 14.4. The van der Waals surface area contributed by atoms with Crippen LogP contribution in [0.5, 0.6) is 17.2 Å². The van der Waals surface area contributed by atoms with E-state index in [1.165, 1.54) is 0 Å². The van der Waals surface area contributed by atoms with Crippen LogP contribution < -0.4 is 19.5 Å². The summed E-state index contributed by atoms with van der Waals surface area (Å²) in [6.07, 6.45) is 3.76. The Bertz CT molecular complexity index is 931. The van der Waals surface area contributed by atoms with Crippen molar-refractivity contribution in [3.8, 4) is 17.2 Å². The molecule has 2 aromatic carbocycles. The lowest BCUT2D eigenvalue weighted by atomic mass is 10.2. The Kier molecular flexibility index (Phi) is 5.53. The predicted octanol–water partition coefficient (Wildman–Crippen LogP) is 4.31. The molecule has 0 atom stereocenters. The lowest BCUT2D eigenvalue weighted by Crippen LogP contribution is -2.34. The molecule has 1 amide bonds. The van der Waals surface area contributed by atoms with Gasteiger partial charge in [-0.1, -0.05) is 0 Å². The van der Waals surface area contributed by atoms with Gasteiger partial charge in [-0.2, -0.15) is 0 Å². The van der Waals surface area contributed by atoms with E-state index in [1.807, 2.05) is 6.07 Å². The van der Waals surface area contributed by atoms with Crippen molar-refractivity contribution in [1.29, 1.82) is 0 Å². The molecular weight excluding hydrogens is 386 g/mol. The number of benzene rings is 2. The van der Waals surface area contributed by atoms with Crippen LogP contribution in [0.2, 0.25) is 0 Å². The number of carbonyl (C=O) groups excluding carboxylic acids is 2. The first kappa shape index (κ1) is 20.1. The van der Waals surface area contributed by atoms with Crippen molar-refractivity contribution in [1.82, 2.24) is 0 Å². The van der Waals surface area contributed by atoms with Gasteiger partial charge >= 0.3 is 5.97 Å². The summed E-state index contributed by atoms with van der Waals surface area (Å²) in [7, 11) is 0. The highest BCUT2D eigenvalue weighted by Gasteiger charge is 2.44. The third-order valence-corrected chi connectivity index (χ3v) is 4.99. The quantitative estimate of drug-likeness (QED) is 0.713. The fraction of sp³-hybridized carbons (Fsp3) is 0.391. The minimum atomic E-state index is -0.526. The Labute approximate surface area is 175 Å². The summed E-state index contributed by atoms with van der Waals surface area (Å²) in [6.45, 7) is 3.43. The minimum absolute atomic E-state index is 0.159. The van der Waals surface area contributed by atoms with E-state index >= 15 is 0 Å². The Morgan fingerprint density at radius 1 is 1.03 bits per heavy atom. The van der Waals surface area contributed by atoms with Crippen LogP contribution in [-0.4, -0.2) is 30.4 Å². The molecule has 2 aliphatic rings. The zero-order valence-corrected chi connectivity index (χ0v) is 17.1. The molecular formula is C23H25NO6. The van der Waals surface area contributed by atoms with Gasteiger partial charge in [0, 0.05) is 24.6 Å². The number of amides is 1. The Morgan fingerprint density at radius 3 is 2.43 bits per heavy atom. The molecule has 0 radical (unpaired) electrons. The average Bonchev–Trinajstić information content (AvgIpc) is 3.31. The number of carbonyl (C=O) groups is 2. The first-order valence-corrected chi connectivity index (χ1v) is 10.2. The van der Waals surface area contributed by atoms with Crippen LogP contribution in [0.3, 0.4) is 0 Å². The maximum Gasteiger partial charge on any atom is 0.338 e. The van der Waals surface area contributed by atoms with Crippen LogP contribution in [-0.2, 0) is 9.53 Å². The van der Waals surface area contributed by atoms with Crippen molar-refractivity contribution in [3.63, 3.8) is 0 Å². The third-order valence-electron chi connectivity index (χ3n) is 4.99. The zero-order valence-electron chi connectivity index (χ0n) is 17.1. The number of hydrogen-bond donors (Lipinski definition) is 1. The van der Waals surface area contributed by atoms with E-state index in [1.54, 1.807) is 50.2 Å². The summed E-state index contributed by atoms with van der Waals surface area (Å²) in [6, 6.07) is 11.8. The molecule has 30 heavy (non-hydrogen) atoms. The van der Waals surface area contributed by atoms with Gasteiger partial charge in [0.1, 0.15) is 5.75 Å². The van der Waals surface area contributed by atoms with Crippen LogP contribution in [0, 0.1) is 0 Å². The van der Waals surface area contributed by atoms with Gasteiger partial charge in [0.2, 0.25) is 0 Å². The first-order valence-electron chi connectivity index (χ1n) is 10.2.